The van der Waals surface area contributed by atoms with E-state index >= 15 is 0 Å². The second-order valence-electron chi connectivity index (χ2n) is 8.47. The van der Waals surface area contributed by atoms with Crippen molar-refractivity contribution in [1.29, 1.82) is 0 Å². The Labute approximate surface area is 226 Å². The number of para-hydroxylation sites is 1. The molecule has 0 saturated heterocycles. The number of thioether (sulfide) groups is 1. The van der Waals surface area contributed by atoms with E-state index < -0.39 is 0 Å². The van der Waals surface area contributed by atoms with Gasteiger partial charge < -0.3 is 14.2 Å². The van der Waals surface area contributed by atoms with E-state index in [0.29, 0.717) is 23.8 Å². The highest BCUT2D eigenvalue weighted by molar-refractivity contribution is 7.98. The quantitative estimate of drug-likeness (QED) is 0.149. The van der Waals surface area contributed by atoms with Gasteiger partial charge in [0.1, 0.15) is 0 Å². The molecule has 0 radical (unpaired) electrons. The number of nitrogens with zero attached hydrogens (tertiary/aromatic N) is 4. The molecule has 0 saturated carbocycles. The third-order valence-electron chi connectivity index (χ3n) is 6.16. The van der Waals surface area contributed by atoms with Crippen LogP contribution in [0.5, 0.6) is 17.2 Å². The number of allylic oxidation sites excluding steroid dienone is 1. The fourth-order valence-electron chi connectivity index (χ4n) is 4.35. The maximum absolute atomic E-state index is 5.59. The highest BCUT2D eigenvalue weighted by Crippen LogP contribution is 2.42. The number of hydrogen-bond acceptors (Lipinski definition) is 7. The van der Waals surface area contributed by atoms with Crippen LogP contribution < -0.4 is 14.2 Å². The number of methoxy groups -OCH3 is 3. The molecular formula is C30H28N4O3S. The van der Waals surface area contributed by atoms with Gasteiger partial charge in [0.05, 0.1) is 32.5 Å². The number of fused-ring (bicyclic) bond motifs is 1. The summed E-state index contributed by atoms with van der Waals surface area (Å²) in [5.41, 5.74) is 4.59. The molecule has 192 valence electrons. The minimum atomic E-state index is 0.533. The number of benzene rings is 3. The summed E-state index contributed by atoms with van der Waals surface area (Å²) in [7, 11) is 4.80. The van der Waals surface area contributed by atoms with Gasteiger partial charge in [0, 0.05) is 28.8 Å². The molecule has 0 unspecified atom stereocenters. The molecule has 8 heteroatoms. The molecule has 0 aliphatic carbocycles. The van der Waals surface area contributed by atoms with E-state index in [1.807, 2.05) is 60.7 Å². The molecule has 2 heterocycles. The van der Waals surface area contributed by atoms with E-state index in [0.717, 1.165) is 44.5 Å². The highest BCUT2D eigenvalue weighted by atomic mass is 32.2. The van der Waals surface area contributed by atoms with Gasteiger partial charge in [-0.05, 0) is 29.8 Å². The van der Waals surface area contributed by atoms with Crippen LogP contribution in [0.15, 0.2) is 90.6 Å². The maximum Gasteiger partial charge on any atom is 0.203 e. The monoisotopic (exact) mass is 524 g/mol. The Morgan fingerprint density at radius 2 is 1.58 bits per heavy atom. The highest BCUT2D eigenvalue weighted by Gasteiger charge is 2.20. The lowest BCUT2D eigenvalue weighted by Crippen LogP contribution is -2.02. The van der Waals surface area contributed by atoms with Gasteiger partial charge in [0.25, 0.3) is 0 Å². The van der Waals surface area contributed by atoms with E-state index in [-0.39, 0.29) is 0 Å². The summed E-state index contributed by atoms with van der Waals surface area (Å²) in [6.07, 6.45) is 1.86. The first kappa shape index (κ1) is 25.4. The second kappa shape index (κ2) is 11.4. The average Bonchev–Trinajstić information content (AvgIpc) is 3.37. The van der Waals surface area contributed by atoms with Crippen molar-refractivity contribution in [3.63, 3.8) is 0 Å². The van der Waals surface area contributed by atoms with Crippen molar-refractivity contribution in [3.8, 4) is 39.9 Å². The fourth-order valence-corrected chi connectivity index (χ4v) is 5.25. The molecule has 5 aromatic rings. The first-order valence-corrected chi connectivity index (χ1v) is 13.1. The molecular weight excluding hydrogens is 496 g/mol. The number of hydrogen-bond donors (Lipinski definition) is 0. The van der Waals surface area contributed by atoms with E-state index in [1.54, 1.807) is 33.1 Å². The minimum Gasteiger partial charge on any atom is -0.493 e. The zero-order valence-corrected chi connectivity index (χ0v) is 22.4. The molecule has 0 fully saturated rings. The summed E-state index contributed by atoms with van der Waals surface area (Å²) < 4.78 is 18.8. The van der Waals surface area contributed by atoms with Gasteiger partial charge in [-0.3, -0.25) is 4.57 Å². The van der Waals surface area contributed by atoms with Crippen LogP contribution in [-0.4, -0.2) is 41.1 Å². The minimum absolute atomic E-state index is 0.533. The van der Waals surface area contributed by atoms with Crippen molar-refractivity contribution in [2.45, 2.75) is 17.5 Å². The first-order chi connectivity index (χ1) is 18.7. The Morgan fingerprint density at radius 3 is 2.26 bits per heavy atom. The van der Waals surface area contributed by atoms with Gasteiger partial charge in [-0.25, -0.2) is 4.98 Å². The molecule has 0 aliphatic rings. The lowest BCUT2D eigenvalue weighted by molar-refractivity contribution is 0.324. The summed E-state index contributed by atoms with van der Waals surface area (Å²) in [6, 6.07) is 24.2. The summed E-state index contributed by atoms with van der Waals surface area (Å²) in [6.45, 7) is 4.55. The predicted octanol–water partition coefficient (Wildman–Crippen LogP) is 6.66. The fraction of sp³-hybridized carbons (Fsp3) is 0.167. The van der Waals surface area contributed by atoms with Crippen LogP contribution in [0.25, 0.3) is 33.5 Å². The smallest absolute Gasteiger partial charge is 0.203 e. The van der Waals surface area contributed by atoms with E-state index in [1.165, 1.54) is 5.56 Å². The summed E-state index contributed by atoms with van der Waals surface area (Å²) >= 11 is 1.65. The zero-order valence-electron chi connectivity index (χ0n) is 21.5. The molecule has 0 atom stereocenters. The SMILES string of the molecule is C=CCn1c(SCc2ccccc2)nnc1-c1cc(-c2cc(OC)c(OC)c(OC)c2)nc2ccccc12. The molecule has 38 heavy (non-hydrogen) atoms. The predicted molar refractivity (Wildman–Crippen MR) is 152 cm³/mol. The number of aromatic nitrogens is 4. The van der Waals surface area contributed by atoms with Crippen molar-refractivity contribution in [2.24, 2.45) is 0 Å². The van der Waals surface area contributed by atoms with Crippen LogP contribution >= 0.6 is 11.8 Å². The zero-order chi connectivity index (χ0) is 26.5. The van der Waals surface area contributed by atoms with E-state index in [2.05, 4.69) is 39.5 Å². The Balaban J connectivity index is 1.64. The molecule has 7 nitrogen and oxygen atoms in total. The van der Waals surface area contributed by atoms with E-state index in [9.17, 15) is 0 Å². The third kappa shape index (κ3) is 4.95. The standard InChI is InChI=1S/C30H28N4O3S/c1-5-15-34-29(32-33-30(34)38-19-20-11-7-6-8-12-20)23-18-25(31-24-14-10-9-13-22(23)24)21-16-26(35-2)28(37-4)27(17-21)36-3/h5-14,16-18H,1,15,19H2,2-4H3. The lowest BCUT2D eigenvalue weighted by Gasteiger charge is -2.15. The maximum atomic E-state index is 5.59. The van der Waals surface area contributed by atoms with Crippen LogP contribution in [0.1, 0.15) is 5.56 Å². The first-order valence-electron chi connectivity index (χ1n) is 12.1. The van der Waals surface area contributed by atoms with Crippen molar-refractivity contribution < 1.29 is 14.2 Å². The molecule has 2 aromatic heterocycles. The topological polar surface area (TPSA) is 71.3 Å². The molecule has 3 aromatic carbocycles. The molecule has 0 bridgehead atoms. The van der Waals surface area contributed by atoms with Crippen LogP contribution in [0.2, 0.25) is 0 Å². The second-order valence-corrected chi connectivity index (χ2v) is 9.41. The van der Waals surface area contributed by atoms with Crippen LogP contribution in [0.3, 0.4) is 0 Å². The molecule has 0 aliphatic heterocycles. The number of pyridine rings is 1. The van der Waals surface area contributed by atoms with Crippen LogP contribution in [0, 0.1) is 0 Å². The van der Waals surface area contributed by atoms with Crippen molar-refractivity contribution in [3.05, 3.63) is 91.0 Å². The normalized spacial score (nSPS) is 10.9. The Bertz CT molecular complexity index is 1560. The van der Waals surface area contributed by atoms with Crippen molar-refractivity contribution in [2.75, 3.05) is 21.3 Å². The van der Waals surface area contributed by atoms with Gasteiger partial charge in [-0.2, -0.15) is 0 Å². The number of ether oxygens (including phenoxy) is 3. The largest absolute Gasteiger partial charge is 0.493 e. The average molecular weight is 525 g/mol. The summed E-state index contributed by atoms with van der Waals surface area (Å²) in [4.78, 5) is 4.96. The molecule has 5 rings (SSSR count). The van der Waals surface area contributed by atoms with Crippen LogP contribution in [-0.2, 0) is 12.3 Å². The number of rotatable bonds is 10. The van der Waals surface area contributed by atoms with Gasteiger partial charge in [0.15, 0.2) is 22.5 Å². The van der Waals surface area contributed by atoms with Crippen LogP contribution in [0.4, 0.5) is 0 Å². The lowest BCUT2D eigenvalue weighted by atomic mass is 10.0. The van der Waals surface area contributed by atoms with E-state index in [4.69, 9.17) is 19.2 Å². The molecule has 0 N–H and O–H groups in total. The Hall–Kier alpha value is -4.30. The Morgan fingerprint density at radius 1 is 0.868 bits per heavy atom. The Kier molecular flexibility index (Phi) is 7.60. The van der Waals surface area contributed by atoms with Gasteiger partial charge >= 0.3 is 0 Å². The van der Waals surface area contributed by atoms with Gasteiger partial charge in [-0.1, -0.05) is 66.4 Å². The van der Waals surface area contributed by atoms with Gasteiger partial charge in [-0.15, -0.1) is 16.8 Å². The van der Waals surface area contributed by atoms with Crippen molar-refractivity contribution >= 4 is 22.7 Å². The molecule has 0 spiro atoms. The summed E-state index contributed by atoms with van der Waals surface area (Å²) in [5, 5.41) is 11.0. The van der Waals surface area contributed by atoms with Crippen molar-refractivity contribution in [1.82, 2.24) is 19.7 Å². The molecule has 0 amide bonds. The van der Waals surface area contributed by atoms with Gasteiger partial charge in [0.2, 0.25) is 5.75 Å². The third-order valence-corrected chi connectivity index (χ3v) is 7.19. The summed E-state index contributed by atoms with van der Waals surface area (Å²) in [5.74, 6) is 3.21.